The Bertz CT molecular complexity index is 585. The molecule has 0 radical (unpaired) electrons. The monoisotopic (exact) mass is 303 g/mol. The number of nitrogens with two attached hydrogens (primary N) is 1. The van der Waals surface area contributed by atoms with E-state index in [2.05, 4.69) is 41.0 Å². The molecule has 1 saturated heterocycles. The maximum atomic E-state index is 5.96. The summed E-state index contributed by atoms with van der Waals surface area (Å²) in [6.07, 6.45) is 1.26. The highest BCUT2D eigenvalue weighted by Gasteiger charge is 2.19. The van der Waals surface area contributed by atoms with Crippen molar-refractivity contribution < 1.29 is 0 Å². The zero-order chi connectivity index (χ0) is 14.7. The molecule has 0 aliphatic carbocycles. The van der Waals surface area contributed by atoms with Crippen LogP contribution in [0.2, 0.25) is 0 Å². The van der Waals surface area contributed by atoms with E-state index >= 15 is 0 Å². The number of benzene rings is 1. The van der Waals surface area contributed by atoms with E-state index < -0.39 is 0 Å². The van der Waals surface area contributed by atoms with Crippen LogP contribution in [0.4, 0.5) is 0 Å². The maximum absolute atomic E-state index is 5.96. The van der Waals surface area contributed by atoms with Gasteiger partial charge in [0.15, 0.2) is 0 Å². The van der Waals surface area contributed by atoms with Crippen molar-refractivity contribution in [1.82, 2.24) is 9.80 Å². The fraction of sp³-hybridized carbons (Fsp3) is 0.529. The maximum Gasteiger partial charge on any atom is 0.0349 e. The molecule has 1 fully saturated rings. The predicted molar refractivity (Wildman–Crippen MR) is 91.7 cm³/mol. The first-order chi connectivity index (χ1) is 10.3. The first kappa shape index (κ1) is 15.0. The Kier molecular flexibility index (Phi) is 4.91. The molecule has 1 aliphatic rings. The lowest BCUT2D eigenvalue weighted by molar-refractivity contribution is 0.127. The second-order valence-corrected chi connectivity index (χ2v) is 6.96. The highest BCUT2D eigenvalue weighted by atomic mass is 32.1. The van der Waals surface area contributed by atoms with Crippen molar-refractivity contribution in [1.29, 1.82) is 0 Å². The van der Waals surface area contributed by atoms with Gasteiger partial charge in [-0.15, -0.1) is 11.3 Å². The van der Waals surface area contributed by atoms with E-state index in [0.717, 1.165) is 6.54 Å². The van der Waals surface area contributed by atoms with Crippen molar-refractivity contribution in [2.75, 3.05) is 32.7 Å². The third kappa shape index (κ3) is 3.29. The van der Waals surface area contributed by atoms with Crippen molar-refractivity contribution >= 4 is 21.4 Å². The summed E-state index contributed by atoms with van der Waals surface area (Å²) in [5.41, 5.74) is 7.43. The lowest BCUT2D eigenvalue weighted by Crippen LogP contribution is -2.46. The molecule has 0 bridgehead atoms. The Hall–Kier alpha value is -0.940. The third-order valence-corrected chi connectivity index (χ3v) is 5.59. The van der Waals surface area contributed by atoms with Gasteiger partial charge in [0.25, 0.3) is 0 Å². The summed E-state index contributed by atoms with van der Waals surface area (Å²) >= 11 is 1.86. The summed E-state index contributed by atoms with van der Waals surface area (Å²) in [7, 11) is 0. The molecule has 2 heterocycles. The van der Waals surface area contributed by atoms with E-state index in [9.17, 15) is 0 Å². The van der Waals surface area contributed by atoms with Gasteiger partial charge >= 0.3 is 0 Å². The van der Waals surface area contributed by atoms with E-state index in [1.165, 1.54) is 59.7 Å². The average Bonchev–Trinajstić information content (AvgIpc) is 2.87. The van der Waals surface area contributed by atoms with Gasteiger partial charge in [-0.1, -0.05) is 25.1 Å². The average molecular weight is 303 g/mol. The number of rotatable bonds is 5. The lowest BCUT2D eigenvalue weighted by Gasteiger charge is -2.34. The van der Waals surface area contributed by atoms with E-state index in [-0.39, 0.29) is 0 Å². The standard InChI is InChI=1S/C17H25N3S/c1-2-7-19-8-10-20(11-9-19)13-15-14-5-3-4-6-16(14)21-17(15)12-18/h3-6H,2,7-13,18H2,1H3. The molecule has 21 heavy (non-hydrogen) atoms. The molecule has 114 valence electrons. The molecule has 1 aromatic carbocycles. The van der Waals surface area contributed by atoms with Gasteiger partial charge in [-0.3, -0.25) is 4.90 Å². The van der Waals surface area contributed by atoms with Crippen LogP contribution in [0, 0.1) is 0 Å². The first-order valence-corrected chi connectivity index (χ1v) is 8.77. The van der Waals surface area contributed by atoms with Crippen LogP contribution in [0.5, 0.6) is 0 Å². The predicted octanol–water partition coefficient (Wildman–Crippen LogP) is 2.89. The van der Waals surface area contributed by atoms with E-state index in [1.807, 2.05) is 11.3 Å². The molecule has 0 spiro atoms. The molecular formula is C17H25N3S. The Morgan fingerprint density at radius 1 is 1.10 bits per heavy atom. The van der Waals surface area contributed by atoms with Gasteiger partial charge in [0.1, 0.15) is 0 Å². The van der Waals surface area contributed by atoms with Crippen molar-refractivity contribution in [2.45, 2.75) is 26.4 Å². The summed E-state index contributed by atoms with van der Waals surface area (Å²) < 4.78 is 1.37. The fourth-order valence-corrected chi connectivity index (χ4v) is 4.29. The summed E-state index contributed by atoms with van der Waals surface area (Å²) in [5.74, 6) is 0. The van der Waals surface area contributed by atoms with Crippen LogP contribution in [-0.2, 0) is 13.1 Å². The smallest absolute Gasteiger partial charge is 0.0349 e. The first-order valence-electron chi connectivity index (χ1n) is 7.96. The van der Waals surface area contributed by atoms with E-state index in [4.69, 9.17) is 5.73 Å². The summed E-state index contributed by atoms with van der Waals surface area (Å²) in [5, 5.41) is 1.40. The van der Waals surface area contributed by atoms with Gasteiger partial charge < -0.3 is 10.6 Å². The number of piperazine rings is 1. The number of hydrogen-bond donors (Lipinski definition) is 1. The molecular weight excluding hydrogens is 278 g/mol. The number of nitrogens with zero attached hydrogens (tertiary/aromatic N) is 2. The zero-order valence-electron chi connectivity index (χ0n) is 12.8. The van der Waals surface area contributed by atoms with Gasteiger partial charge in [-0.25, -0.2) is 0 Å². The Labute approximate surface area is 131 Å². The summed E-state index contributed by atoms with van der Waals surface area (Å²) in [6.45, 7) is 9.96. The topological polar surface area (TPSA) is 32.5 Å². The normalized spacial score (nSPS) is 17.6. The lowest BCUT2D eigenvalue weighted by atomic mass is 10.1. The Morgan fingerprint density at radius 3 is 2.52 bits per heavy atom. The van der Waals surface area contributed by atoms with E-state index in [0.29, 0.717) is 6.54 Å². The van der Waals surface area contributed by atoms with Crippen LogP contribution >= 0.6 is 11.3 Å². The third-order valence-electron chi connectivity index (χ3n) is 4.35. The van der Waals surface area contributed by atoms with Crippen LogP contribution < -0.4 is 5.73 Å². The number of thiophene rings is 1. The number of fused-ring (bicyclic) bond motifs is 1. The van der Waals surface area contributed by atoms with Crippen molar-refractivity contribution in [3.63, 3.8) is 0 Å². The molecule has 0 unspecified atom stereocenters. The van der Waals surface area contributed by atoms with Crippen LogP contribution in [0.15, 0.2) is 24.3 Å². The summed E-state index contributed by atoms with van der Waals surface area (Å²) in [4.78, 5) is 6.51. The molecule has 4 heteroatoms. The minimum Gasteiger partial charge on any atom is -0.326 e. The molecule has 2 N–H and O–H groups in total. The molecule has 0 saturated carbocycles. The minimum absolute atomic E-state index is 0.657. The largest absolute Gasteiger partial charge is 0.326 e. The van der Waals surface area contributed by atoms with Gasteiger partial charge in [-0.2, -0.15) is 0 Å². The van der Waals surface area contributed by atoms with Gasteiger partial charge in [-0.05, 0) is 30.0 Å². The zero-order valence-corrected chi connectivity index (χ0v) is 13.7. The van der Waals surface area contributed by atoms with Crippen LogP contribution in [-0.4, -0.2) is 42.5 Å². The van der Waals surface area contributed by atoms with Crippen molar-refractivity contribution in [3.05, 3.63) is 34.7 Å². The van der Waals surface area contributed by atoms with Crippen LogP contribution in [0.1, 0.15) is 23.8 Å². The quantitative estimate of drug-likeness (QED) is 0.922. The second kappa shape index (κ2) is 6.88. The molecule has 1 aromatic heterocycles. The fourth-order valence-electron chi connectivity index (χ4n) is 3.20. The highest BCUT2D eigenvalue weighted by molar-refractivity contribution is 7.19. The molecule has 0 amide bonds. The Morgan fingerprint density at radius 2 is 1.81 bits per heavy atom. The number of hydrogen-bond acceptors (Lipinski definition) is 4. The molecule has 1 aliphatic heterocycles. The van der Waals surface area contributed by atoms with Gasteiger partial charge in [0.2, 0.25) is 0 Å². The molecule has 3 nitrogen and oxygen atoms in total. The second-order valence-electron chi connectivity index (χ2n) is 5.82. The highest BCUT2D eigenvalue weighted by Crippen LogP contribution is 2.32. The molecule has 2 aromatic rings. The Balaban J connectivity index is 1.73. The minimum atomic E-state index is 0.657. The van der Waals surface area contributed by atoms with Crippen LogP contribution in [0.3, 0.4) is 0 Å². The molecule has 0 atom stereocenters. The SMILES string of the molecule is CCCN1CCN(Cc2c(CN)sc3ccccc23)CC1. The van der Waals surface area contributed by atoms with E-state index in [1.54, 1.807) is 0 Å². The van der Waals surface area contributed by atoms with Crippen LogP contribution in [0.25, 0.3) is 10.1 Å². The van der Waals surface area contributed by atoms with Crippen molar-refractivity contribution in [3.8, 4) is 0 Å². The van der Waals surface area contributed by atoms with Gasteiger partial charge in [0, 0.05) is 48.8 Å². The van der Waals surface area contributed by atoms with Gasteiger partial charge in [0.05, 0.1) is 0 Å². The van der Waals surface area contributed by atoms with Crippen molar-refractivity contribution in [2.24, 2.45) is 5.73 Å². The molecule has 3 rings (SSSR count). The summed E-state index contributed by atoms with van der Waals surface area (Å²) in [6, 6.07) is 8.71.